The molecule has 1 atom stereocenters. The zero-order chi connectivity index (χ0) is 15.4. The zero-order valence-corrected chi connectivity index (χ0v) is 13.5. The minimum Gasteiger partial charge on any atom is -0.313 e. The van der Waals surface area contributed by atoms with Gasteiger partial charge in [0, 0.05) is 24.4 Å². The molecule has 1 aromatic heterocycles. The van der Waals surface area contributed by atoms with Gasteiger partial charge in [0.15, 0.2) is 11.6 Å². The van der Waals surface area contributed by atoms with E-state index in [9.17, 15) is 8.78 Å². The summed E-state index contributed by atoms with van der Waals surface area (Å²) in [6, 6.07) is 6.60. The average molecular weight is 355 g/mol. The summed E-state index contributed by atoms with van der Waals surface area (Å²) >= 11 is 3.13. The maximum atomic E-state index is 13.7. The standard InChI is InChI=1S/C16H17BrF2N2/c1-3-10-4-5-11(21-9-10)8-14(20-2)12-6-7-13(18)16(19)15(12)17/h4-7,9,14,20H,3,8H2,1-2H3. The summed E-state index contributed by atoms with van der Waals surface area (Å²) in [6.45, 7) is 2.07. The summed E-state index contributed by atoms with van der Waals surface area (Å²) in [4.78, 5) is 4.41. The van der Waals surface area contributed by atoms with Gasteiger partial charge in [-0.05, 0) is 52.7 Å². The fourth-order valence-electron chi connectivity index (χ4n) is 2.17. The summed E-state index contributed by atoms with van der Waals surface area (Å²) < 4.78 is 27.0. The summed E-state index contributed by atoms with van der Waals surface area (Å²) in [5, 5.41) is 3.12. The Morgan fingerprint density at radius 1 is 1.24 bits per heavy atom. The normalized spacial score (nSPS) is 12.4. The van der Waals surface area contributed by atoms with Gasteiger partial charge in [0.2, 0.25) is 0 Å². The van der Waals surface area contributed by atoms with Crippen LogP contribution in [0.25, 0.3) is 0 Å². The van der Waals surface area contributed by atoms with Crippen LogP contribution >= 0.6 is 15.9 Å². The van der Waals surface area contributed by atoms with Gasteiger partial charge in [0.05, 0.1) is 4.47 Å². The summed E-state index contributed by atoms with van der Waals surface area (Å²) in [7, 11) is 1.79. The SMILES string of the molecule is CCc1ccc(CC(NC)c2ccc(F)c(F)c2Br)nc1. The van der Waals surface area contributed by atoms with Crippen LogP contribution in [0, 0.1) is 11.6 Å². The zero-order valence-electron chi connectivity index (χ0n) is 12.0. The van der Waals surface area contributed by atoms with Gasteiger partial charge < -0.3 is 5.32 Å². The molecular formula is C16H17BrF2N2. The van der Waals surface area contributed by atoms with E-state index in [-0.39, 0.29) is 10.5 Å². The number of rotatable bonds is 5. The van der Waals surface area contributed by atoms with Crippen LogP contribution in [0.5, 0.6) is 0 Å². The van der Waals surface area contributed by atoms with Gasteiger partial charge in [-0.25, -0.2) is 8.78 Å². The minimum absolute atomic E-state index is 0.144. The van der Waals surface area contributed by atoms with E-state index in [1.54, 1.807) is 13.1 Å². The molecule has 0 amide bonds. The number of nitrogens with zero attached hydrogens (tertiary/aromatic N) is 1. The molecule has 2 aromatic rings. The van der Waals surface area contributed by atoms with Gasteiger partial charge in [-0.1, -0.05) is 19.1 Å². The molecule has 5 heteroatoms. The molecule has 0 saturated heterocycles. The van der Waals surface area contributed by atoms with Crippen molar-refractivity contribution in [1.82, 2.24) is 10.3 Å². The molecule has 0 bridgehead atoms. The van der Waals surface area contributed by atoms with Crippen molar-refractivity contribution in [1.29, 1.82) is 0 Å². The second-order valence-corrected chi connectivity index (χ2v) is 5.61. The topological polar surface area (TPSA) is 24.9 Å². The molecule has 0 aliphatic heterocycles. The Hall–Kier alpha value is -1.33. The van der Waals surface area contributed by atoms with Gasteiger partial charge >= 0.3 is 0 Å². The molecule has 1 aromatic carbocycles. The third-order valence-electron chi connectivity index (χ3n) is 3.50. The van der Waals surface area contributed by atoms with Crippen LogP contribution in [0.15, 0.2) is 34.9 Å². The third-order valence-corrected chi connectivity index (χ3v) is 4.30. The molecule has 1 unspecified atom stereocenters. The third kappa shape index (κ3) is 3.66. The number of aromatic nitrogens is 1. The van der Waals surface area contributed by atoms with Crippen molar-refractivity contribution in [2.75, 3.05) is 7.05 Å². The van der Waals surface area contributed by atoms with Crippen molar-refractivity contribution in [2.45, 2.75) is 25.8 Å². The molecule has 0 saturated carbocycles. The Morgan fingerprint density at radius 2 is 2.00 bits per heavy atom. The quantitative estimate of drug-likeness (QED) is 0.814. The smallest absolute Gasteiger partial charge is 0.173 e. The predicted molar refractivity (Wildman–Crippen MR) is 83.2 cm³/mol. The number of aryl methyl sites for hydroxylation is 1. The highest BCUT2D eigenvalue weighted by Gasteiger charge is 2.18. The Bertz CT molecular complexity index is 614. The summed E-state index contributed by atoms with van der Waals surface area (Å²) in [5.41, 5.74) is 2.76. The lowest BCUT2D eigenvalue weighted by Crippen LogP contribution is -2.20. The van der Waals surface area contributed by atoms with Crippen LogP contribution in [0.4, 0.5) is 8.78 Å². The van der Waals surface area contributed by atoms with Crippen molar-refractivity contribution in [3.8, 4) is 0 Å². The first-order valence-electron chi connectivity index (χ1n) is 6.81. The molecule has 0 fully saturated rings. The van der Waals surface area contributed by atoms with E-state index < -0.39 is 11.6 Å². The number of hydrogen-bond acceptors (Lipinski definition) is 2. The van der Waals surface area contributed by atoms with Crippen molar-refractivity contribution in [3.63, 3.8) is 0 Å². The van der Waals surface area contributed by atoms with E-state index >= 15 is 0 Å². The molecule has 1 N–H and O–H groups in total. The maximum absolute atomic E-state index is 13.7. The highest BCUT2D eigenvalue weighted by molar-refractivity contribution is 9.10. The largest absolute Gasteiger partial charge is 0.313 e. The maximum Gasteiger partial charge on any atom is 0.173 e. The van der Waals surface area contributed by atoms with E-state index in [4.69, 9.17) is 0 Å². The van der Waals surface area contributed by atoms with Crippen LogP contribution in [0.3, 0.4) is 0 Å². The van der Waals surface area contributed by atoms with Crippen LogP contribution in [0.1, 0.15) is 29.8 Å². The van der Waals surface area contributed by atoms with Gasteiger partial charge in [0.1, 0.15) is 0 Å². The van der Waals surface area contributed by atoms with E-state index in [1.807, 2.05) is 18.3 Å². The number of likely N-dealkylation sites (N-methyl/N-ethyl adjacent to an activating group) is 1. The van der Waals surface area contributed by atoms with Crippen molar-refractivity contribution in [2.24, 2.45) is 0 Å². The molecule has 0 aliphatic rings. The molecule has 0 spiro atoms. The van der Waals surface area contributed by atoms with Gasteiger partial charge in [-0.15, -0.1) is 0 Å². The molecule has 1 heterocycles. The van der Waals surface area contributed by atoms with Crippen molar-refractivity contribution in [3.05, 3.63) is 63.4 Å². The first-order chi connectivity index (χ1) is 10.1. The molecule has 0 radical (unpaired) electrons. The molecule has 0 aliphatic carbocycles. The highest BCUT2D eigenvalue weighted by atomic mass is 79.9. The van der Waals surface area contributed by atoms with Crippen LogP contribution in [-0.4, -0.2) is 12.0 Å². The Labute approximate surface area is 131 Å². The summed E-state index contributed by atoms with van der Waals surface area (Å²) in [5.74, 6) is -1.71. The highest BCUT2D eigenvalue weighted by Crippen LogP contribution is 2.29. The van der Waals surface area contributed by atoms with Crippen LogP contribution in [0.2, 0.25) is 0 Å². The average Bonchev–Trinajstić information content (AvgIpc) is 2.51. The lowest BCUT2D eigenvalue weighted by molar-refractivity contribution is 0.495. The van der Waals surface area contributed by atoms with Crippen LogP contribution < -0.4 is 5.32 Å². The fourth-order valence-corrected chi connectivity index (χ4v) is 2.77. The number of benzene rings is 1. The predicted octanol–water partition coefficient (Wildman–Crippen LogP) is 4.19. The molecule has 112 valence electrons. The van der Waals surface area contributed by atoms with E-state index in [2.05, 4.69) is 33.2 Å². The van der Waals surface area contributed by atoms with E-state index in [0.717, 1.165) is 18.2 Å². The van der Waals surface area contributed by atoms with Gasteiger partial charge in [-0.3, -0.25) is 4.98 Å². The Kier molecular flexibility index (Phi) is 5.42. The minimum atomic E-state index is -0.859. The molecule has 2 nitrogen and oxygen atoms in total. The fraction of sp³-hybridized carbons (Fsp3) is 0.312. The van der Waals surface area contributed by atoms with Gasteiger partial charge in [0.25, 0.3) is 0 Å². The summed E-state index contributed by atoms with van der Waals surface area (Å²) in [6.07, 6.45) is 3.39. The van der Waals surface area contributed by atoms with E-state index in [1.165, 1.54) is 5.56 Å². The second kappa shape index (κ2) is 7.09. The Morgan fingerprint density at radius 3 is 2.57 bits per heavy atom. The molecule has 21 heavy (non-hydrogen) atoms. The molecule has 2 rings (SSSR count). The van der Waals surface area contributed by atoms with Gasteiger partial charge in [-0.2, -0.15) is 0 Å². The number of nitrogens with one attached hydrogen (secondary N) is 1. The lowest BCUT2D eigenvalue weighted by Gasteiger charge is -2.18. The number of halogens is 3. The van der Waals surface area contributed by atoms with Crippen molar-refractivity contribution >= 4 is 15.9 Å². The second-order valence-electron chi connectivity index (χ2n) is 4.82. The number of hydrogen-bond donors (Lipinski definition) is 1. The first-order valence-corrected chi connectivity index (χ1v) is 7.60. The first kappa shape index (κ1) is 16.0. The van der Waals surface area contributed by atoms with Crippen molar-refractivity contribution < 1.29 is 8.78 Å². The Balaban J connectivity index is 2.25. The molecular weight excluding hydrogens is 338 g/mol. The monoisotopic (exact) mass is 354 g/mol. The van der Waals surface area contributed by atoms with Crippen LogP contribution in [-0.2, 0) is 12.8 Å². The van der Waals surface area contributed by atoms with E-state index in [0.29, 0.717) is 12.0 Å². The lowest BCUT2D eigenvalue weighted by atomic mass is 10.0. The number of pyridine rings is 1.